The lowest BCUT2D eigenvalue weighted by Gasteiger charge is -2.20. The summed E-state index contributed by atoms with van der Waals surface area (Å²) in [6, 6.07) is 7.75. The first-order valence-electron chi connectivity index (χ1n) is 8.83. The second-order valence-corrected chi connectivity index (χ2v) is 6.26. The summed E-state index contributed by atoms with van der Waals surface area (Å²) in [6.07, 6.45) is 10.6. The summed E-state index contributed by atoms with van der Waals surface area (Å²) in [7, 11) is 0. The van der Waals surface area contributed by atoms with Gasteiger partial charge in [0, 0.05) is 11.6 Å². The first kappa shape index (κ1) is 16.9. The molecule has 122 valence electrons. The van der Waals surface area contributed by atoms with Gasteiger partial charge in [-0.3, -0.25) is 4.79 Å². The van der Waals surface area contributed by atoms with Crippen LogP contribution >= 0.6 is 0 Å². The van der Waals surface area contributed by atoms with Crippen LogP contribution in [0.15, 0.2) is 24.3 Å². The van der Waals surface area contributed by atoms with Gasteiger partial charge in [0.2, 0.25) is 5.91 Å². The normalized spacial score (nSPS) is 15.5. The highest BCUT2D eigenvalue weighted by atomic mass is 16.5. The maximum atomic E-state index is 12.2. The molecule has 0 aromatic heterocycles. The van der Waals surface area contributed by atoms with E-state index in [1.807, 2.05) is 24.3 Å². The van der Waals surface area contributed by atoms with Gasteiger partial charge in [0.25, 0.3) is 0 Å². The van der Waals surface area contributed by atoms with Crippen LogP contribution in [0.25, 0.3) is 0 Å². The number of amides is 1. The zero-order chi connectivity index (χ0) is 15.6. The van der Waals surface area contributed by atoms with Crippen molar-refractivity contribution in [3.63, 3.8) is 0 Å². The van der Waals surface area contributed by atoms with Crippen molar-refractivity contribution in [1.82, 2.24) is 0 Å². The predicted octanol–water partition coefficient (Wildman–Crippen LogP) is 5.16. The first-order chi connectivity index (χ1) is 10.8. The lowest BCUT2D eigenvalue weighted by Crippen LogP contribution is -2.24. The van der Waals surface area contributed by atoms with E-state index >= 15 is 0 Å². The first-order valence-corrected chi connectivity index (χ1v) is 8.83. The second kappa shape index (κ2) is 9.50. The second-order valence-electron chi connectivity index (χ2n) is 6.26. The van der Waals surface area contributed by atoms with Gasteiger partial charge in [0.05, 0.1) is 6.61 Å². The molecule has 1 aliphatic rings. The molecule has 0 aliphatic heterocycles. The number of anilines is 1. The Kier molecular flexibility index (Phi) is 7.27. The van der Waals surface area contributed by atoms with Crippen molar-refractivity contribution in [3.05, 3.63) is 24.3 Å². The van der Waals surface area contributed by atoms with E-state index in [-0.39, 0.29) is 11.8 Å². The Morgan fingerprint density at radius 1 is 1.09 bits per heavy atom. The number of carbonyl (C=O) groups is 1. The van der Waals surface area contributed by atoms with E-state index in [2.05, 4.69) is 12.2 Å². The Morgan fingerprint density at radius 3 is 2.50 bits per heavy atom. The fourth-order valence-electron chi connectivity index (χ4n) is 2.96. The van der Waals surface area contributed by atoms with Crippen molar-refractivity contribution < 1.29 is 9.53 Å². The van der Waals surface area contributed by atoms with Gasteiger partial charge in [-0.15, -0.1) is 0 Å². The monoisotopic (exact) mass is 303 g/mol. The largest absolute Gasteiger partial charge is 0.494 e. The van der Waals surface area contributed by atoms with Crippen LogP contribution in [-0.2, 0) is 4.79 Å². The van der Waals surface area contributed by atoms with Gasteiger partial charge in [-0.1, -0.05) is 45.4 Å². The summed E-state index contributed by atoms with van der Waals surface area (Å²) >= 11 is 0. The summed E-state index contributed by atoms with van der Waals surface area (Å²) in [5, 5.41) is 3.03. The number of ether oxygens (including phenoxy) is 1. The summed E-state index contributed by atoms with van der Waals surface area (Å²) in [5.74, 6) is 1.25. The van der Waals surface area contributed by atoms with Gasteiger partial charge in [0.15, 0.2) is 0 Å². The van der Waals surface area contributed by atoms with Crippen molar-refractivity contribution in [2.45, 2.75) is 64.7 Å². The Labute approximate surface area is 134 Å². The standard InChI is InChI=1S/C19H29NO2/c1-2-3-4-8-15-22-18-13-11-17(12-14-18)20-19(21)16-9-6-5-7-10-16/h11-14,16H,2-10,15H2,1H3,(H,20,21). The van der Waals surface area contributed by atoms with E-state index in [0.717, 1.165) is 37.3 Å². The van der Waals surface area contributed by atoms with E-state index in [1.165, 1.54) is 38.5 Å². The SMILES string of the molecule is CCCCCCOc1ccc(NC(=O)C2CCCCC2)cc1. The van der Waals surface area contributed by atoms with Gasteiger partial charge < -0.3 is 10.1 Å². The maximum Gasteiger partial charge on any atom is 0.227 e. The van der Waals surface area contributed by atoms with E-state index < -0.39 is 0 Å². The highest BCUT2D eigenvalue weighted by Gasteiger charge is 2.20. The molecule has 1 saturated carbocycles. The lowest BCUT2D eigenvalue weighted by atomic mass is 9.88. The molecule has 0 radical (unpaired) electrons. The zero-order valence-corrected chi connectivity index (χ0v) is 13.8. The van der Waals surface area contributed by atoms with Crippen LogP contribution in [0.1, 0.15) is 64.7 Å². The molecule has 2 rings (SSSR count). The van der Waals surface area contributed by atoms with E-state index in [4.69, 9.17) is 4.74 Å². The molecule has 1 fully saturated rings. The molecule has 1 N–H and O–H groups in total. The van der Waals surface area contributed by atoms with Gasteiger partial charge in [-0.25, -0.2) is 0 Å². The topological polar surface area (TPSA) is 38.3 Å². The van der Waals surface area contributed by atoms with Crippen LogP contribution in [0.4, 0.5) is 5.69 Å². The maximum absolute atomic E-state index is 12.2. The number of rotatable bonds is 8. The molecule has 3 nitrogen and oxygen atoms in total. The summed E-state index contributed by atoms with van der Waals surface area (Å²) in [5.41, 5.74) is 0.869. The molecule has 22 heavy (non-hydrogen) atoms. The number of carbonyl (C=O) groups excluding carboxylic acids is 1. The molecule has 1 aliphatic carbocycles. The molecule has 1 aromatic rings. The number of nitrogens with one attached hydrogen (secondary N) is 1. The molecule has 0 bridgehead atoms. The van der Waals surface area contributed by atoms with Crippen LogP contribution in [0.5, 0.6) is 5.75 Å². The van der Waals surface area contributed by atoms with Crippen LogP contribution in [0.2, 0.25) is 0 Å². The summed E-state index contributed by atoms with van der Waals surface area (Å²) in [6.45, 7) is 2.98. The van der Waals surface area contributed by atoms with Crippen LogP contribution in [0.3, 0.4) is 0 Å². The molecule has 0 unspecified atom stereocenters. The molecule has 0 saturated heterocycles. The van der Waals surface area contributed by atoms with Gasteiger partial charge in [-0.2, -0.15) is 0 Å². The summed E-state index contributed by atoms with van der Waals surface area (Å²) < 4.78 is 5.72. The summed E-state index contributed by atoms with van der Waals surface area (Å²) in [4.78, 5) is 12.2. The number of unbranched alkanes of at least 4 members (excludes halogenated alkanes) is 3. The Balaban J connectivity index is 1.72. The van der Waals surface area contributed by atoms with Crippen LogP contribution < -0.4 is 10.1 Å². The molecule has 3 heteroatoms. The highest BCUT2D eigenvalue weighted by Crippen LogP contribution is 2.25. The third-order valence-electron chi connectivity index (χ3n) is 4.36. The van der Waals surface area contributed by atoms with E-state index in [9.17, 15) is 4.79 Å². The Morgan fingerprint density at radius 2 is 1.82 bits per heavy atom. The highest BCUT2D eigenvalue weighted by molar-refractivity contribution is 5.92. The molecule has 1 amide bonds. The smallest absolute Gasteiger partial charge is 0.227 e. The van der Waals surface area contributed by atoms with Gasteiger partial charge in [0.1, 0.15) is 5.75 Å². The van der Waals surface area contributed by atoms with Gasteiger partial charge in [-0.05, 0) is 43.5 Å². The Bertz CT molecular complexity index is 435. The lowest BCUT2D eigenvalue weighted by molar-refractivity contribution is -0.120. The molecule has 0 heterocycles. The molecule has 1 aromatic carbocycles. The minimum absolute atomic E-state index is 0.174. The van der Waals surface area contributed by atoms with E-state index in [1.54, 1.807) is 0 Å². The third kappa shape index (κ3) is 5.70. The quantitative estimate of drug-likeness (QED) is 0.673. The number of hydrogen-bond acceptors (Lipinski definition) is 2. The average Bonchev–Trinajstić information content (AvgIpc) is 2.57. The fraction of sp³-hybridized carbons (Fsp3) is 0.632. The van der Waals surface area contributed by atoms with Crippen molar-refractivity contribution in [3.8, 4) is 5.75 Å². The van der Waals surface area contributed by atoms with Gasteiger partial charge >= 0.3 is 0 Å². The molecular weight excluding hydrogens is 274 g/mol. The fourth-order valence-corrected chi connectivity index (χ4v) is 2.96. The minimum atomic E-state index is 0.174. The molecule has 0 atom stereocenters. The van der Waals surface area contributed by atoms with Crippen LogP contribution in [0, 0.1) is 5.92 Å². The molecular formula is C19H29NO2. The van der Waals surface area contributed by atoms with E-state index in [0.29, 0.717) is 0 Å². The van der Waals surface area contributed by atoms with Crippen molar-refractivity contribution >= 4 is 11.6 Å². The third-order valence-corrected chi connectivity index (χ3v) is 4.36. The minimum Gasteiger partial charge on any atom is -0.494 e. The number of hydrogen-bond donors (Lipinski definition) is 1. The average molecular weight is 303 g/mol. The molecule has 0 spiro atoms. The van der Waals surface area contributed by atoms with Crippen molar-refractivity contribution in [2.75, 3.05) is 11.9 Å². The van der Waals surface area contributed by atoms with Crippen LogP contribution in [-0.4, -0.2) is 12.5 Å². The van der Waals surface area contributed by atoms with Crippen molar-refractivity contribution in [1.29, 1.82) is 0 Å². The predicted molar refractivity (Wildman–Crippen MR) is 91.3 cm³/mol. The Hall–Kier alpha value is -1.51. The zero-order valence-electron chi connectivity index (χ0n) is 13.8. The van der Waals surface area contributed by atoms with Crippen molar-refractivity contribution in [2.24, 2.45) is 5.92 Å². The number of benzene rings is 1.